The van der Waals surface area contributed by atoms with Crippen molar-refractivity contribution in [1.82, 2.24) is 0 Å². The topological polar surface area (TPSA) is 40.5 Å². The normalized spacial score (nSPS) is 11.5. The summed E-state index contributed by atoms with van der Waals surface area (Å²) < 4.78 is 80.6. The molecule has 0 saturated carbocycles. The van der Waals surface area contributed by atoms with Crippen molar-refractivity contribution in [3.63, 3.8) is 0 Å². The van der Waals surface area contributed by atoms with Gasteiger partial charge < -0.3 is 10.2 Å². The smallest absolute Gasteiger partial charge is 0.204 e. The molecule has 2 nitrogen and oxygen atoms in total. The molecule has 0 fully saturated rings. The summed E-state index contributed by atoms with van der Waals surface area (Å²) in [4.78, 5) is 0. The molecule has 3 aromatic rings. The van der Waals surface area contributed by atoms with Gasteiger partial charge in [-0.1, -0.05) is 0 Å². The van der Waals surface area contributed by atoms with Crippen molar-refractivity contribution in [3.05, 3.63) is 47.0 Å². The summed E-state index contributed by atoms with van der Waals surface area (Å²) >= 11 is 0. The van der Waals surface area contributed by atoms with Crippen LogP contribution < -0.4 is 0 Å². The Hall–Kier alpha value is -2.64. The third-order valence-corrected chi connectivity index (χ3v) is 3.33. The fourth-order valence-electron chi connectivity index (χ4n) is 2.23. The minimum absolute atomic E-state index is 0.586. The molecule has 0 amide bonds. The number of aromatic hydroxyl groups is 2. The molecule has 0 unspecified atom stereocenters. The SMILES string of the molecule is Oc1c(F)c(F)c(F)c2cc3c(O)c(F)c(F)c(F)c3cc12. The number of benzene rings is 3. The molecule has 0 heterocycles. The Labute approximate surface area is 117 Å². The Morgan fingerprint density at radius 1 is 0.455 bits per heavy atom. The third-order valence-electron chi connectivity index (χ3n) is 3.33. The Morgan fingerprint density at radius 2 is 0.773 bits per heavy atom. The Morgan fingerprint density at radius 3 is 1.09 bits per heavy atom. The maximum Gasteiger partial charge on any atom is 0.204 e. The van der Waals surface area contributed by atoms with Crippen LogP contribution in [0, 0.1) is 34.9 Å². The molecule has 114 valence electrons. The number of fused-ring (bicyclic) bond motifs is 2. The lowest BCUT2D eigenvalue weighted by Crippen LogP contribution is -1.97. The lowest BCUT2D eigenvalue weighted by Gasteiger charge is -2.10. The van der Waals surface area contributed by atoms with E-state index in [1.807, 2.05) is 0 Å². The van der Waals surface area contributed by atoms with Crippen molar-refractivity contribution in [2.45, 2.75) is 0 Å². The van der Waals surface area contributed by atoms with Gasteiger partial charge in [-0.15, -0.1) is 0 Å². The van der Waals surface area contributed by atoms with E-state index in [0.29, 0.717) is 12.1 Å². The summed E-state index contributed by atoms with van der Waals surface area (Å²) in [5, 5.41) is 16.2. The zero-order valence-electron chi connectivity index (χ0n) is 10.3. The molecule has 8 heteroatoms. The number of phenolic OH excluding ortho intramolecular Hbond substituents is 2. The monoisotopic (exact) mass is 318 g/mol. The molecule has 0 bridgehead atoms. The number of phenols is 2. The Balaban J connectivity index is 2.64. The number of hydrogen-bond donors (Lipinski definition) is 2. The van der Waals surface area contributed by atoms with Crippen LogP contribution in [0.3, 0.4) is 0 Å². The van der Waals surface area contributed by atoms with Gasteiger partial charge in [0.05, 0.1) is 0 Å². The van der Waals surface area contributed by atoms with E-state index >= 15 is 0 Å². The molecular weight excluding hydrogens is 314 g/mol. The van der Waals surface area contributed by atoms with Gasteiger partial charge in [-0.05, 0) is 12.1 Å². The fourth-order valence-corrected chi connectivity index (χ4v) is 2.23. The van der Waals surface area contributed by atoms with Gasteiger partial charge >= 0.3 is 0 Å². The van der Waals surface area contributed by atoms with Crippen LogP contribution in [0.1, 0.15) is 0 Å². The molecule has 0 radical (unpaired) electrons. The summed E-state index contributed by atoms with van der Waals surface area (Å²) in [7, 11) is 0. The number of halogens is 6. The van der Waals surface area contributed by atoms with Crippen LogP contribution in [0.4, 0.5) is 26.3 Å². The average Bonchev–Trinajstić information content (AvgIpc) is 2.52. The Kier molecular flexibility index (Phi) is 2.88. The molecule has 0 aliphatic carbocycles. The average molecular weight is 318 g/mol. The van der Waals surface area contributed by atoms with Crippen LogP contribution in [0.5, 0.6) is 11.5 Å². The van der Waals surface area contributed by atoms with Gasteiger partial charge in [0.25, 0.3) is 0 Å². The van der Waals surface area contributed by atoms with Gasteiger partial charge in [0.1, 0.15) is 0 Å². The molecule has 3 aromatic carbocycles. The summed E-state index contributed by atoms with van der Waals surface area (Å²) in [5.74, 6) is -13.9. The van der Waals surface area contributed by atoms with Gasteiger partial charge in [-0.3, -0.25) is 0 Å². The molecule has 0 aromatic heterocycles. The first kappa shape index (κ1) is 14.3. The van der Waals surface area contributed by atoms with Gasteiger partial charge in [0.15, 0.2) is 34.8 Å². The van der Waals surface area contributed by atoms with E-state index in [0.717, 1.165) is 0 Å². The van der Waals surface area contributed by atoms with E-state index in [4.69, 9.17) is 0 Å². The van der Waals surface area contributed by atoms with Gasteiger partial charge in [-0.2, -0.15) is 8.78 Å². The van der Waals surface area contributed by atoms with E-state index in [1.165, 1.54) is 0 Å². The predicted octanol–water partition coefficient (Wildman–Crippen LogP) is 4.24. The largest absolute Gasteiger partial charge is 0.504 e. The van der Waals surface area contributed by atoms with Gasteiger partial charge in [0.2, 0.25) is 11.6 Å². The van der Waals surface area contributed by atoms with E-state index in [2.05, 4.69) is 0 Å². The Bertz CT molecular complexity index is 815. The van der Waals surface area contributed by atoms with E-state index in [9.17, 15) is 36.6 Å². The van der Waals surface area contributed by atoms with Crippen molar-refractivity contribution in [1.29, 1.82) is 0 Å². The molecule has 2 N–H and O–H groups in total. The lowest BCUT2D eigenvalue weighted by molar-refractivity contribution is 0.393. The summed E-state index contributed by atoms with van der Waals surface area (Å²) in [6.45, 7) is 0. The van der Waals surface area contributed by atoms with E-state index < -0.39 is 67.9 Å². The predicted molar refractivity (Wildman–Crippen MR) is 64.5 cm³/mol. The van der Waals surface area contributed by atoms with Crippen LogP contribution in [0.2, 0.25) is 0 Å². The first-order chi connectivity index (χ1) is 10.3. The second kappa shape index (κ2) is 4.43. The van der Waals surface area contributed by atoms with Crippen LogP contribution >= 0.6 is 0 Å². The van der Waals surface area contributed by atoms with E-state index in [1.54, 1.807) is 0 Å². The van der Waals surface area contributed by atoms with Crippen molar-refractivity contribution < 1.29 is 36.6 Å². The van der Waals surface area contributed by atoms with Gasteiger partial charge in [-0.25, -0.2) is 17.6 Å². The fraction of sp³-hybridized carbons (Fsp3) is 0. The minimum Gasteiger partial charge on any atom is -0.504 e. The van der Waals surface area contributed by atoms with Crippen molar-refractivity contribution >= 4 is 21.5 Å². The molecule has 0 aliphatic heterocycles. The highest BCUT2D eigenvalue weighted by atomic mass is 19.2. The first-order valence-electron chi connectivity index (χ1n) is 5.74. The lowest BCUT2D eigenvalue weighted by atomic mass is 10.0. The number of rotatable bonds is 0. The highest BCUT2D eigenvalue weighted by Gasteiger charge is 2.24. The van der Waals surface area contributed by atoms with Gasteiger partial charge in [0, 0.05) is 21.5 Å². The number of hydrogen-bond acceptors (Lipinski definition) is 2. The zero-order chi connectivity index (χ0) is 16.3. The molecule has 0 atom stereocenters. The molecule has 22 heavy (non-hydrogen) atoms. The van der Waals surface area contributed by atoms with Crippen LogP contribution in [0.25, 0.3) is 21.5 Å². The molecule has 0 saturated heterocycles. The molecule has 0 aliphatic rings. The second-order valence-electron chi connectivity index (χ2n) is 4.52. The first-order valence-corrected chi connectivity index (χ1v) is 5.74. The summed E-state index contributed by atoms with van der Waals surface area (Å²) in [5.41, 5.74) is 0. The standard InChI is InChI=1S/C14H4F6O2/c15-7-3-1-5-4(8(16)10(18)11(19)13(5)21)2-6(3)14(22)12(20)9(7)17/h1-2,21-22H. The summed E-state index contributed by atoms with van der Waals surface area (Å²) in [6.07, 6.45) is 0. The van der Waals surface area contributed by atoms with E-state index in [-0.39, 0.29) is 0 Å². The molecule has 0 spiro atoms. The second-order valence-corrected chi connectivity index (χ2v) is 4.52. The van der Waals surface area contributed by atoms with Crippen LogP contribution in [0.15, 0.2) is 12.1 Å². The highest BCUT2D eigenvalue weighted by Crippen LogP contribution is 2.40. The zero-order valence-corrected chi connectivity index (χ0v) is 10.3. The van der Waals surface area contributed by atoms with Crippen molar-refractivity contribution in [3.8, 4) is 11.5 Å². The quantitative estimate of drug-likeness (QED) is 0.370. The summed E-state index contributed by atoms with van der Waals surface area (Å²) in [6, 6.07) is 1.17. The van der Waals surface area contributed by atoms with Crippen LogP contribution in [-0.2, 0) is 0 Å². The van der Waals surface area contributed by atoms with Crippen molar-refractivity contribution in [2.75, 3.05) is 0 Å². The van der Waals surface area contributed by atoms with Crippen molar-refractivity contribution in [2.24, 2.45) is 0 Å². The maximum absolute atomic E-state index is 13.7. The highest BCUT2D eigenvalue weighted by molar-refractivity contribution is 6.03. The minimum atomic E-state index is -1.99. The molecular formula is C14H4F6O2. The molecule has 3 rings (SSSR count). The maximum atomic E-state index is 13.7. The van der Waals surface area contributed by atoms with Crippen LogP contribution in [-0.4, -0.2) is 10.2 Å². The third kappa shape index (κ3) is 1.63.